The number of hydrogen-bond donors (Lipinski definition) is 2. The van der Waals surface area contributed by atoms with Gasteiger partial charge >= 0.3 is 6.03 Å². The Bertz CT molecular complexity index is 1450. The molecule has 1 saturated heterocycles. The standard InChI is InChI=1S/C25H17ClN4O7/c26-16-8-10-17(11-9-16)27-22(31)14-37-21-7-2-1-4-15(21)12-20-23(32)28-25(34)29(24(20)33)18-5-3-6-19(13-18)30(35)36/h1-13H,14H2,(H,27,31)(H,28,32,34)/b20-12+. The highest BCUT2D eigenvalue weighted by Crippen LogP contribution is 2.27. The van der Waals surface area contributed by atoms with Crippen molar-refractivity contribution < 1.29 is 28.8 Å². The van der Waals surface area contributed by atoms with Crippen LogP contribution in [0.25, 0.3) is 6.08 Å². The van der Waals surface area contributed by atoms with Crippen LogP contribution in [0.1, 0.15) is 5.56 Å². The molecule has 0 saturated carbocycles. The fourth-order valence-electron chi connectivity index (χ4n) is 3.40. The Hall–Kier alpha value is -5.03. The van der Waals surface area contributed by atoms with Crippen LogP contribution in [-0.2, 0) is 14.4 Å². The Kier molecular flexibility index (Phi) is 7.26. The van der Waals surface area contributed by atoms with E-state index in [4.69, 9.17) is 16.3 Å². The average Bonchev–Trinajstić information content (AvgIpc) is 2.87. The number of halogens is 1. The number of nitro groups is 1. The molecule has 4 rings (SSSR count). The van der Waals surface area contributed by atoms with E-state index < -0.39 is 34.2 Å². The second-order valence-electron chi connectivity index (χ2n) is 7.62. The zero-order valence-electron chi connectivity index (χ0n) is 18.8. The molecule has 0 unspecified atom stereocenters. The zero-order chi connectivity index (χ0) is 26.5. The average molecular weight is 521 g/mol. The van der Waals surface area contributed by atoms with Gasteiger partial charge in [0.1, 0.15) is 11.3 Å². The molecule has 2 N–H and O–H groups in total. The molecular formula is C25H17ClN4O7. The molecule has 5 amide bonds. The molecule has 3 aromatic rings. The van der Waals surface area contributed by atoms with Crippen LogP contribution in [0.5, 0.6) is 5.75 Å². The number of nitrogens with zero attached hydrogens (tertiary/aromatic N) is 2. The predicted molar refractivity (Wildman–Crippen MR) is 134 cm³/mol. The summed E-state index contributed by atoms with van der Waals surface area (Å²) in [5.41, 5.74) is -0.0279. The minimum Gasteiger partial charge on any atom is -0.483 e. The number of carbonyl (C=O) groups is 4. The summed E-state index contributed by atoms with van der Waals surface area (Å²) in [7, 11) is 0. The van der Waals surface area contributed by atoms with E-state index in [1.54, 1.807) is 42.5 Å². The van der Waals surface area contributed by atoms with Gasteiger partial charge in [-0.2, -0.15) is 0 Å². The van der Waals surface area contributed by atoms with E-state index >= 15 is 0 Å². The van der Waals surface area contributed by atoms with E-state index in [2.05, 4.69) is 10.6 Å². The van der Waals surface area contributed by atoms with Crippen molar-refractivity contribution in [1.82, 2.24) is 5.32 Å². The largest absolute Gasteiger partial charge is 0.483 e. The fraction of sp³-hybridized carbons (Fsp3) is 0.0400. The van der Waals surface area contributed by atoms with Gasteiger partial charge in [-0.15, -0.1) is 0 Å². The van der Waals surface area contributed by atoms with Crippen LogP contribution in [0.15, 0.2) is 78.4 Å². The van der Waals surface area contributed by atoms with Gasteiger partial charge in [-0.25, -0.2) is 9.69 Å². The van der Waals surface area contributed by atoms with Gasteiger partial charge in [-0.05, 0) is 42.5 Å². The van der Waals surface area contributed by atoms with Crippen molar-refractivity contribution in [2.45, 2.75) is 0 Å². The smallest absolute Gasteiger partial charge is 0.335 e. The number of carbonyl (C=O) groups excluding carboxylic acids is 4. The number of rotatable bonds is 7. The van der Waals surface area contributed by atoms with Crippen molar-refractivity contribution in [3.8, 4) is 5.75 Å². The van der Waals surface area contributed by atoms with E-state index in [0.717, 1.165) is 6.07 Å². The lowest BCUT2D eigenvalue weighted by Gasteiger charge is -2.26. The second-order valence-corrected chi connectivity index (χ2v) is 8.05. The molecule has 0 spiro atoms. The van der Waals surface area contributed by atoms with Crippen LogP contribution >= 0.6 is 11.6 Å². The first-order valence-electron chi connectivity index (χ1n) is 10.7. The first kappa shape index (κ1) is 25.1. The summed E-state index contributed by atoms with van der Waals surface area (Å²) in [5.74, 6) is -2.20. The SMILES string of the molecule is O=C(COc1ccccc1/C=C1\C(=O)NC(=O)N(c2cccc([N+](=O)[O-])c2)C1=O)Nc1ccc(Cl)cc1. The van der Waals surface area contributed by atoms with Crippen molar-refractivity contribution in [3.63, 3.8) is 0 Å². The lowest BCUT2D eigenvalue weighted by Crippen LogP contribution is -2.54. The summed E-state index contributed by atoms with van der Waals surface area (Å²) < 4.78 is 5.60. The summed E-state index contributed by atoms with van der Waals surface area (Å²) in [6, 6.07) is 16.7. The highest BCUT2D eigenvalue weighted by atomic mass is 35.5. The molecule has 12 heteroatoms. The highest BCUT2D eigenvalue weighted by molar-refractivity contribution is 6.39. The topological polar surface area (TPSA) is 148 Å². The lowest BCUT2D eigenvalue weighted by molar-refractivity contribution is -0.384. The number of amides is 5. The van der Waals surface area contributed by atoms with Crippen LogP contribution in [-0.4, -0.2) is 35.3 Å². The third-order valence-electron chi connectivity index (χ3n) is 5.11. The molecule has 1 aliphatic heterocycles. The van der Waals surface area contributed by atoms with Gasteiger partial charge in [0, 0.05) is 28.4 Å². The number of nitrogens with one attached hydrogen (secondary N) is 2. The van der Waals surface area contributed by atoms with Crippen molar-refractivity contribution >= 4 is 58.5 Å². The number of urea groups is 1. The first-order valence-corrected chi connectivity index (χ1v) is 11.0. The number of anilines is 2. The molecule has 1 heterocycles. The van der Waals surface area contributed by atoms with Crippen LogP contribution in [0.4, 0.5) is 21.9 Å². The molecule has 37 heavy (non-hydrogen) atoms. The number of benzene rings is 3. The van der Waals surface area contributed by atoms with E-state index in [9.17, 15) is 29.3 Å². The van der Waals surface area contributed by atoms with Gasteiger partial charge in [-0.3, -0.25) is 29.8 Å². The molecule has 0 atom stereocenters. The lowest BCUT2D eigenvalue weighted by atomic mass is 10.1. The molecular weight excluding hydrogens is 504 g/mol. The van der Waals surface area contributed by atoms with Crippen molar-refractivity contribution in [2.24, 2.45) is 0 Å². The number of barbiturate groups is 1. The minimum atomic E-state index is -1.05. The van der Waals surface area contributed by atoms with Crippen LogP contribution < -0.4 is 20.3 Å². The van der Waals surface area contributed by atoms with Crippen LogP contribution in [0, 0.1) is 10.1 Å². The molecule has 1 fully saturated rings. The summed E-state index contributed by atoms with van der Waals surface area (Å²) in [6.45, 7) is -0.374. The molecule has 1 aliphatic rings. The van der Waals surface area contributed by atoms with Crippen molar-refractivity contribution in [1.29, 1.82) is 0 Å². The fourth-order valence-corrected chi connectivity index (χ4v) is 3.52. The van der Waals surface area contributed by atoms with Gasteiger partial charge in [0.25, 0.3) is 23.4 Å². The number of imide groups is 2. The van der Waals surface area contributed by atoms with E-state index in [1.807, 2.05) is 0 Å². The number of hydrogen-bond acceptors (Lipinski definition) is 7. The van der Waals surface area contributed by atoms with Gasteiger partial charge in [-0.1, -0.05) is 35.9 Å². The van der Waals surface area contributed by atoms with Gasteiger partial charge < -0.3 is 10.1 Å². The molecule has 186 valence electrons. The monoisotopic (exact) mass is 520 g/mol. The number of non-ortho nitro benzene ring substituents is 1. The Morgan fingerprint density at radius 3 is 2.51 bits per heavy atom. The molecule has 0 radical (unpaired) electrons. The Labute approximate surface area is 214 Å². The molecule has 11 nitrogen and oxygen atoms in total. The summed E-state index contributed by atoms with van der Waals surface area (Å²) in [6.07, 6.45) is 1.21. The van der Waals surface area contributed by atoms with E-state index in [1.165, 1.54) is 30.3 Å². The Morgan fingerprint density at radius 2 is 1.78 bits per heavy atom. The van der Waals surface area contributed by atoms with Gasteiger partial charge in [0.05, 0.1) is 10.6 Å². The maximum absolute atomic E-state index is 13.1. The predicted octanol–water partition coefficient (Wildman–Crippen LogP) is 3.93. The zero-order valence-corrected chi connectivity index (χ0v) is 19.6. The third-order valence-corrected chi connectivity index (χ3v) is 5.36. The maximum atomic E-state index is 13.1. The van der Waals surface area contributed by atoms with Gasteiger partial charge in [0.15, 0.2) is 6.61 Å². The summed E-state index contributed by atoms with van der Waals surface area (Å²) >= 11 is 5.83. The second kappa shape index (κ2) is 10.7. The van der Waals surface area contributed by atoms with E-state index in [0.29, 0.717) is 15.6 Å². The summed E-state index contributed by atoms with van der Waals surface area (Å²) in [5, 5.41) is 16.3. The first-order chi connectivity index (χ1) is 17.7. The summed E-state index contributed by atoms with van der Waals surface area (Å²) in [4.78, 5) is 61.4. The van der Waals surface area contributed by atoms with E-state index in [-0.39, 0.29) is 29.3 Å². The van der Waals surface area contributed by atoms with Crippen molar-refractivity contribution in [3.05, 3.63) is 99.1 Å². The molecule has 0 aliphatic carbocycles. The molecule has 3 aromatic carbocycles. The van der Waals surface area contributed by atoms with Crippen LogP contribution in [0.2, 0.25) is 5.02 Å². The Morgan fingerprint density at radius 1 is 1.05 bits per heavy atom. The molecule has 0 aromatic heterocycles. The third kappa shape index (κ3) is 5.80. The number of nitro benzene ring substituents is 1. The minimum absolute atomic E-state index is 0.0847. The normalized spacial score (nSPS) is 14.4. The number of para-hydroxylation sites is 1. The molecule has 0 bridgehead atoms. The highest BCUT2D eigenvalue weighted by Gasteiger charge is 2.37. The quantitative estimate of drug-likeness (QED) is 0.207. The maximum Gasteiger partial charge on any atom is 0.335 e. The van der Waals surface area contributed by atoms with Gasteiger partial charge in [0.2, 0.25) is 0 Å². The Balaban J connectivity index is 1.56. The number of ether oxygens (including phenoxy) is 1. The van der Waals surface area contributed by atoms with Crippen molar-refractivity contribution in [2.75, 3.05) is 16.8 Å². The van der Waals surface area contributed by atoms with Crippen LogP contribution in [0.3, 0.4) is 0 Å².